The molecule has 2 aromatic carbocycles. The van der Waals surface area contributed by atoms with Crippen LogP contribution in [0.2, 0.25) is 15.1 Å². The summed E-state index contributed by atoms with van der Waals surface area (Å²) < 4.78 is 0.734. The van der Waals surface area contributed by atoms with Crippen molar-refractivity contribution in [3.63, 3.8) is 0 Å². The van der Waals surface area contributed by atoms with Crippen molar-refractivity contribution in [3.05, 3.63) is 68.7 Å². The maximum atomic E-state index is 12.3. The van der Waals surface area contributed by atoms with Crippen molar-refractivity contribution < 1.29 is 4.79 Å². The van der Waals surface area contributed by atoms with E-state index in [2.05, 4.69) is 15.5 Å². The molecule has 128 valence electrons. The summed E-state index contributed by atoms with van der Waals surface area (Å²) in [5.41, 5.74) is 1.34. The summed E-state index contributed by atoms with van der Waals surface area (Å²) in [6, 6.07) is 12.3. The zero-order valence-corrected chi connectivity index (χ0v) is 16.4. The number of carbonyl (C=O) groups is 1. The number of amides is 1. The van der Waals surface area contributed by atoms with Crippen molar-refractivity contribution in [1.29, 1.82) is 0 Å². The molecule has 0 fully saturated rings. The summed E-state index contributed by atoms with van der Waals surface area (Å²) in [7, 11) is 0. The third-order valence-corrected chi connectivity index (χ3v) is 6.05. The molecule has 0 saturated heterocycles. The maximum Gasteiger partial charge on any atom is 0.259 e. The monoisotopic (exact) mass is 429 g/mol. The molecule has 0 aliphatic heterocycles. The molecule has 3 rings (SSSR count). The second-order valence-electron chi connectivity index (χ2n) is 4.83. The second-order valence-corrected chi connectivity index (χ2v) is 8.28. The number of benzene rings is 2. The Hall–Kier alpha value is -1.31. The minimum absolute atomic E-state index is 0.280. The molecule has 1 amide bonds. The predicted molar refractivity (Wildman–Crippen MR) is 105 cm³/mol. The Bertz CT molecular complexity index is 917. The quantitative estimate of drug-likeness (QED) is 0.396. The normalized spacial score (nSPS) is 10.7. The van der Waals surface area contributed by atoms with Crippen molar-refractivity contribution in [2.45, 2.75) is 10.1 Å². The molecule has 0 atom stereocenters. The van der Waals surface area contributed by atoms with Gasteiger partial charge in [-0.25, -0.2) is 0 Å². The molecule has 0 radical (unpaired) electrons. The molecule has 0 aliphatic rings. The van der Waals surface area contributed by atoms with Crippen LogP contribution in [-0.4, -0.2) is 16.1 Å². The van der Waals surface area contributed by atoms with Gasteiger partial charge in [-0.3, -0.25) is 10.1 Å². The van der Waals surface area contributed by atoms with Crippen LogP contribution < -0.4 is 5.32 Å². The van der Waals surface area contributed by atoms with Crippen molar-refractivity contribution in [1.82, 2.24) is 10.2 Å². The van der Waals surface area contributed by atoms with E-state index in [0.29, 0.717) is 26.5 Å². The standard InChI is InChI=1S/C16H10Cl3N3OS2/c17-10-5-6-11(13(19)7-10)14(23)20-15-21-22-16(25-15)24-8-9-3-1-2-4-12(9)18/h1-7H,8H2,(H,20,21,23). The molecule has 1 aromatic heterocycles. The van der Waals surface area contributed by atoms with Gasteiger partial charge in [-0.05, 0) is 29.8 Å². The van der Waals surface area contributed by atoms with Crippen LogP contribution in [0.3, 0.4) is 0 Å². The van der Waals surface area contributed by atoms with Crippen LogP contribution in [-0.2, 0) is 5.75 Å². The summed E-state index contributed by atoms with van der Waals surface area (Å²) in [4.78, 5) is 12.3. The smallest absolute Gasteiger partial charge is 0.259 e. The van der Waals surface area contributed by atoms with Crippen molar-refractivity contribution in [2.24, 2.45) is 0 Å². The first-order valence-electron chi connectivity index (χ1n) is 6.99. The van der Waals surface area contributed by atoms with E-state index in [9.17, 15) is 4.79 Å². The van der Waals surface area contributed by atoms with Crippen LogP contribution in [0.1, 0.15) is 15.9 Å². The van der Waals surface area contributed by atoms with Gasteiger partial charge in [0.25, 0.3) is 5.91 Å². The first-order chi connectivity index (χ1) is 12.0. The molecule has 9 heteroatoms. The van der Waals surface area contributed by atoms with Gasteiger partial charge < -0.3 is 0 Å². The minimum atomic E-state index is -0.361. The summed E-state index contributed by atoms with van der Waals surface area (Å²) in [5, 5.41) is 12.6. The molecular weight excluding hydrogens is 421 g/mol. The van der Waals surface area contributed by atoms with E-state index in [1.807, 2.05) is 24.3 Å². The fourth-order valence-corrected chi connectivity index (χ4v) is 4.44. The minimum Gasteiger partial charge on any atom is -0.296 e. The van der Waals surface area contributed by atoms with Gasteiger partial charge >= 0.3 is 0 Å². The number of hydrogen-bond acceptors (Lipinski definition) is 5. The number of aromatic nitrogens is 2. The van der Waals surface area contributed by atoms with Crippen LogP contribution >= 0.6 is 57.9 Å². The molecule has 0 saturated carbocycles. The Morgan fingerprint density at radius 2 is 1.88 bits per heavy atom. The number of anilines is 1. The summed E-state index contributed by atoms with van der Waals surface area (Å²) in [6.45, 7) is 0. The molecule has 3 aromatic rings. The van der Waals surface area contributed by atoms with E-state index >= 15 is 0 Å². The van der Waals surface area contributed by atoms with Gasteiger partial charge in [0.05, 0.1) is 10.6 Å². The highest BCUT2D eigenvalue weighted by Gasteiger charge is 2.14. The fraction of sp³-hybridized carbons (Fsp3) is 0.0625. The van der Waals surface area contributed by atoms with Gasteiger partial charge in [-0.2, -0.15) is 0 Å². The number of hydrogen-bond donors (Lipinski definition) is 1. The Labute approximate surface area is 167 Å². The van der Waals surface area contributed by atoms with E-state index in [1.54, 1.807) is 12.1 Å². The first-order valence-corrected chi connectivity index (χ1v) is 9.92. The molecule has 25 heavy (non-hydrogen) atoms. The second kappa shape index (κ2) is 8.38. The number of thioether (sulfide) groups is 1. The third kappa shape index (κ3) is 4.86. The van der Waals surface area contributed by atoms with Gasteiger partial charge in [0.15, 0.2) is 4.34 Å². The molecule has 0 bridgehead atoms. The first kappa shape index (κ1) is 18.5. The highest BCUT2D eigenvalue weighted by atomic mass is 35.5. The Morgan fingerprint density at radius 3 is 2.64 bits per heavy atom. The summed E-state index contributed by atoms with van der Waals surface area (Å²) in [5.74, 6) is 0.311. The van der Waals surface area contributed by atoms with Gasteiger partial charge in [0.1, 0.15) is 0 Å². The van der Waals surface area contributed by atoms with E-state index in [0.717, 1.165) is 9.90 Å². The van der Waals surface area contributed by atoms with Crippen LogP contribution in [0, 0.1) is 0 Å². The number of halogens is 3. The average Bonchev–Trinajstić information content (AvgIpc) is 3.01. The van der Waals surface area contributed by atoms with Gasteiger partial charge in [-0.1, -0.05) is 76.1 Å². The fourth-order valence-electron chi connectivity index (χ4n) is 1.91. The van der Waals surface area contributed by atoms with Crippen LogP contribution in [0.4, 0.5) is 5.13 Å². The lowest BCUT2D eigenvalue weighted by Gasteiger charge is -2.03. The number of carbonyl (C=O) groups excluding carboxylic acids is 1. The number of nitrogens with zero attached hydrogens (tertiary/aromatic N) is 2. The molecular formula is C16H10Cl3N3OS2. The lowest BCUT2D eigenvalue weighted by Crippen LogP contribution is -2.12. The zero-order valence-electron chi connectivity index (χ0n) is 12.5. The number of rotatable bonds is 5. The Balaban J connectivity index is 1.63. The summed E-state index contributed by atoms with van der Waals surface area (Å²) >= 11 is 20.8. The lowest BCUT2D eigenvalue weighted by atomic mass is 10.2. The largest absolute Gasteiger partial charge is 0.296 e. The zero-order chi connectivity index (χ0) is 17.8. The van der Waals surface area contributed by atoms with Crippen molar-refractivity contribution in [3.8, 4) is 0 Å². The van der Waals surface area contributed by atoms with Crippen molar-refractivity contribution >= 4 is 68.9 Å². The topological polar surface area (TPSA) is 54.9 Å². The van der Waals surface area contributed by atoms with E-state index in [4.69, 9.17) is 34.8 Å². The van der Waals surface area contributed by atoms with Gasteiger partial charge in [-0.15, -0.1) is 10.2 Å². The van der Waals surface area contributed by atoms with E-state index in [-0.39, 0.29) is 10.9 Å². The van der Waals surface area contributed by atoms with Crippen LogP contribution in [0.25, 0.3) is 0 Å². The van der Waals surface area contributed by atoms with Crippen LogP contribution in [0.5, 0.6) is 0 Å². The Morgan fingerprint density at radius 1 is 1.08 bits per heavy atom. The van der Waals surface area contributed by atoms with Crippen molar-refractivity contribution in [2.75, 3.05) is 5.32 Å². The summed E-state index contributed by atoms with van der Waals surface area (Å²) in [6.07, 6.45) is 0. The maximum absolute atomic E-state index is 12.3. The van der Waals surface area contributed by atoms with Gasteiger partial charge in [0, 0.05) is 15.8 Å². The Kier molecular flexibility index (Phi) is 6.19. The number of nitrogens with one attached hydrogen (secondary N) is 1. The third-order valence-electron chi connectivity index (χ3n) is 3.11. The molecule has 1 heterocycles. The lowest BCUT2D eigenvalue weighted by molar-refractivity contribution is 0.102. The molecule has 0 spiro atoms. The molecule has 4 nitrogen and oxygen atoms in total. The molecule has 0 unspecified atom stereocenters. The van der Waals surface area contributed by atoms with Crippen LogP contribution in [0.15, 0.2) is 46.8 Å². The van der Waals surface area contributed by atoms with Gasteiger partial charge in [0.2, 0.25) is 5.13 Å². The van der Waals surface area contributed by atoms with E-state index in [1.165, 1.54) is 29.2 Å². The predicted octanol–water partition coefficient (Wildman–Crippen LogP) is 6.04. The van der Waals surface area contributed by atoms with E-state index < -0.39 is 0 Å². The SMILES string of the molecule is O=C(Nc1nnc(SCc2ccccc2Cl)s1)c1ccc(Cl)cc1Cl. The molecule has 1 N–H and O–H groups in total. The highest BCUT2D eigenvalue weighted by Crippen LogP contribution is 2.31. The highest BCUT2D eigenvalue weighted by molar-refractivity contribution is 8.00. The molecule has 0 aliphatic carbocycles. The average molecular weight is 431 g/mol.